The van der Waals surface area contributed by atoms with E-state index >= 15 is 0 Å². The lowest BCUT2D eigenvalue weighted by Gasteiger charge is -2.15. The number of hydrogen-bond acceptors (Lipinski definition) is 5. The fraction of sp³-hybridized carbons (Fsp3) is 0.174. The molecule has 28 heavy (non-hydrogen) atoms. The Bertz CT molecular complexity index is 1090. The summed E-state index contributed by atoms with van der Waals surface area (Å²) < 4.78 is 5.97. The molecule has 0 fully saturated rings. The predicted molar refractivity (Wildman–Crippen MR) is 110 cm³/mol. The summed E-state index contributed by atoms with van der Waals surface area (Å²) in [5, 5.41) is 7.82. The Hall–Kier alpha value is -3.47. The second kappa shape index (κ2) is 7.27. The summed E-state index contributed by atoms with van der Waals surface area (Å²) in [7, 11) is 0. The SMILES string of the molecule is CC(=N)c1cc(Oc2ccnc(-c3ccc4c(c3)CCCC4=O)c2)ccc1N. The van der Waals surface area contributed by atoms with Gasteiger partial charge in [0.2, 0.25) is 0 Å². The lowest BCUT2D eigenvalue weighted by molar-refractivity contribution is 0.0972. The van der Waals surface area contributed by atoms with Gasteiger partial charge in [0.25, 0.3) is 0 Å². The first-order valence-corrected chi connectivity index (χ1v) is 9.27. The van der Waals surface area contributed by atoms with Crippen molar-refractivity contribution in [3.05, 3.63) is 71.4 Å². The average Bonchev–Trinajstić information content (AvgIpc) is 2.69. The van der Waals surface area contributed by atoms with Crippen molar-refractivity contribution >= 4 is 17.2 Å². The standard InChI is InChI=1S/C23H21N3O2/c1-14(24)20-12-17(6-8-21(20)25)28-18-9-10-26-22(13-18)16-5-7-19-15(11-16)3-2-4-23(19)27/h5-13,24H,2-4,25H2,1H3. The Morgan fingerprint density at radius 3 is 2.71 bits per heavy atom. The van der Waals surface area contributed by atoms with Gasteiger partial charge < -0.3 is 15.9 Å². The first kappa shape index (κ1) is 17.9. The highest BCUT2D eigenvalue weighted by Gasteiger charge is 2.17. The molecule has 0 unspecified atom stereocenters. The fourth-order valence-electron chi connectivity index (χ4n) is 3.50. The second-order valence-corrected chi connectivity index (χ2v) is 7.00. The van der Waals surface area contributed by atoms with Crippen LogP contribution in [0.5, 0.6) is 11.5 Å². The minimum absolute atomic E-state index is 0.221. The van der Waals surface area contributed by atoms with Crippen LogP contribution in [0.25, 0.3) is 11.3 Å². The number of rotatable bonds is 4. The van der Waals surface area contributed by atoms with Crippen molar-refractivity contribution in [1.82, 2.24) is 4.98 Å². The van der Waals surface area contributed by atoms with E-state index in [9.17, 15) is 4.79 Å². The van der Waals surface area contributed by atoms with E-state index in [4.69, 9.17) is 15.9 Å². The van der Waals surface area contributed by atoms with E-state index in [0.29, 0.717) is 34.9 Å². The Kier molecular flexibility index (Phi) is 4.65. The van der Waals surface area contributed by atoms with Gasteiger partial charge in [0.05, 0.1) is 5.69 Å². The Morgan fingerprint density at radius 2 is 1.89 bits per heavy atom. The van der Waals surface area contributed by atoms with E-state index in [1.807, 2.05) is 18.2 Å². The van der Waals surface area contributed by atoms with Crippen LogP contribution in [0.15, 0.2) is 54.7 Å². The van der Waals surface area contributed by atoms with Gasteiger partial charge in [-0.2, -0.15) is 0 Å². The maximum Gasteiger partial charge on any atom is 0.163 e. The molecule has 1 aromatic heterocycles. The molecule has 1 aliphatic carbocycles. The number of Topliss-reactive ketones (excluding diaryl/α,β-unsaturated/α-hetero) is 1. The van der Waals surface area contributed by atoms with Crippen LogP contribution in [0, 0.1) is 5.41 Å². The van der Waals surface area contributed by atoms with E-state index in [1.54, 1.807) is 37.4 Å². The van der Waals surface area contributed by atoms with Gasteiger partial charge in [0, 0.05) is 46.8 Å². The van der Waals surface area contributed by atoms with E-state index < -0.39 is 0 Å². The smallest absolute Gasteiger partial charge is 0.163 e. The number of anilines is 1. The molecule has 1 aliphatic rings. The van der Waals surface area contributed by atoms with Crippen molar-refractivity contribution < 1.29 is 9.53 Å². The molecule has 0 radical (unpaired) electrons. The maximum atomic E-state index is 12.0. The van der Waals surface area contributed by atoms with Gasteiger partial charge in [-0.3, -0.25) is 9.78 Å². The molecular formula is C23H21N3O2. The first-order chi connectivity index (χ1) is 13.5. The number of fused-ring (bicyclic) bond motifs is 1. The molecule has 0 aliphatic heterocycles. The van der Waals surface area contributed by atoms with Crippen LogP contribution in [-0.2, 0) is 6.42 Å². The van der Waals surface area contributed by atoms with Gasteiger partial charge in [-0.05, 0) is 55.7 Å². The molecule has 0 bridgehead atoms. The average molecular weight is 371 g/mol. The van der Waals surface area contributed by atoms with Crippen LogP contribution in [0.4, 0.5) is 5.69 Å². The second-order valence-electron chi connectivity index (χ2n) is 7.00. The van der Waals surface area contributed by atoms with Crippen LogP contribution in [0.3, 0.4) is 0 Å². The molecule has 0 atom stereocenters. The molecule has 5 heteroatoms. The van der Waals surface area contributed by atoms with Gasteiger partial charge in [-0.25, -0.2) is 0 Å². The molecular weight excluding hydrogens is 350 g/mol. The number of aryl methyl sites for hydroxylation is 1. The van der Waals surface area contributed by atoms with Crippen LogP contribution in [0.2, 0.25) is 0 Å². The zero-order chi connectivity index (χ0) is 19.7. The summed E-state index contributed by atoms with van der Waals surface area (Å²) in [5.41, 5.74) is 11.2. The number of nitrogens with two attached hydrogens (primary N) is 1. The van der Waals surface area contributed by atoms with Crippen LogP contribution >= 0.6 is 0 Å². The Morgan fingerprint density at radius 1 is 1.07 bits per heavy atom. The topological polar surface area (TPSA) is 89.1 Å². The predicted octanol–water partition coefficient (Wildman–Crippen LogP) is 5.03. The van der Waals surface area contributed by atoms with Crippen LogP contribution in [-0.4, -0.2) is 16.5 Å². The van der Waals surface area contributed by atoms with Crippen molar-refractivity contribution in [2.75, 3.05) is 5.73 Å². The Labute approximate surface area is 163 Å². The highest BCUT2D eigenvalue weighted by molar-refractivity contribution is 6.01. The van der Waals surface area contributed by atoms with Gasteiger partial charge >= 0.3 is 0 Å². The Balaban J connectivity index is 1.63. The number of pyridine rings is 1. The number of carbonyl (C=O) groups is 1. The quantitative estimate of drug-likeness (QED) is 0.497. The fourth-order valence-corrected chi connectivity index (χ4v) is 3.50. The molecule has 4 rings (SSSR count). The molecule has 0 amide bonds. The summed E-state index contributed by atoms with van der Waals surface area (Å²) in [6, 6.07) is 14.9. The summed E-state index contributed by atoms with van der Waals surface area (Å²) in [6.07, 6.45) is 4.15. The summed E-state index contributed by atoms with van der Waals surface area (Å²) in [4.78, 5) is 16.5. The summed E-state index contributed by atoms with van der Waals surface area (Å²) in [5.74, 6) is 1.49. The number of aromatic nitrogens is 1. The van der Waals surface area contributed by atoms with Gasteiger partial charge in [-0.1, -0.05) is 12.1 Å². The molecule has 0 saturated heterocycles. The lowest BCUT2D eigenvalue weighted by Crippen LogP contribution is -2.10. The highest BCUT2D eigenvalue weighted by Crippen LogP contribution is 2.30. The van der Waals surface area contributed by atoms with E-state index in [1.165, 1.54) is 0 Å². The third kappa shape index (κ3) is 3.51. The normalized spacial score (nSPS) is 13.1. The van der Waals surface area contributed by atoms with E-state index in [2.05, 4.69) is 11.1 Å². The van der Waals surface area contributed by atoms with Crippen molar-refractivity contribution in [2.45, 2.75) is 26.2 Å². The number of nitrogen functional groups attached to an aromatic ring is 1. The maximum absolute atomic E-state index is 12.0. The molecule has 3 aromatic rings. The minimum Gasteiger partial charge on any atom is -0.457 e. The van der Waals surface area contributed by atoms with E-state index in [0.717, 1.165) is 35.2 Å². The number of nitrogens with zero attached hydrogens (tertiary/aromatic N) is 1. The minimum atomic E-state index is 0.221. The number of carbonyl (C=O) groups excluding carboxylic acids is 1. The summed E-state index contributed by atoms with van der Waals surface area (Å²) in [6.45, 7) is 1.70. The number of ketones is 1. The van der Waals surface area contributed by atoms with Gasteiger partial charge in [0.15, 0.2) is 5.78 Å². The number of nitrogens with one attached hydrogen (secondary N) is 1. The lowest BCUT2D eigenvalue weighted by atomic mass is 9.89. The van der Waals surface area contributed by atoms with Gasteiger partial charge in [0.1, 0.15) is 11.5 Å². The zero-order valence-electron chi connectivity index (χ0n) is 15.7. The van der Waals surface area contributed by atoms with Crippen molar-refractivity contribution in [1.29, 1.82) is 5.41 Å². The molecule has 0 saturated carbocycles. The third-order valence-corrected chi connectivity index (χ3v) is 4.95. The monoisotopic (exact) mass is 371 g/mol. The van der Waals surface area contributed by atoms with Crippen LogP contribution in [0.1, 0.15) is 41.3 Å². The van der Waals surface area contributed by atoms with Gasteiger partial charge in [-0.15, -0.1) is 0 Å². The van der Waals surface area contributed by atoms with Crippen molar-refractivity contribution in [2.24, 2.45) is 0 Å². The molecule has 140 valence electrons. The highest BCUT2D eigenvalue weighted by atomic mass is 16.5. The van der Waals surface area contributed by atoms with Crippen molar-refractivity contribution in [3.8, 4) is 22.8 Å². The summed E-state index contributed by atoms with van der Waals surface area (Å²) >= 11 is 0. The molecule has 1 heterocycles. The number of ether oxygens (including phenoxy) is 1. The van der Waals surface area contributed by atoms with Crippen molar-refractivity contribution in [3.63, 3.8) is 0 Å². The van der Waals surface area contributed by atoms with E-state index in [-0.39, 0.29) is 5.78 Å². The number of benzene rings is 2. The number of hydrogen-bond donors (Lipinski definition) is 2. The molecule has 0 spiro atoms. The largest absolute Gasteiger partial charge is 0.457 e. The van der Waals surface area contributed by atoms with Crippen LogP contribution < -0.4 is 10.5 Å². The molecule has 3 N–H and O–H groups in total. The first-order valence-electron chi connectivity index (χ1n) is 9.27. The zero-order valence-corrected chi connectivity index (χ0v) is 15.7. The third-order valence-electron chi connectivity index (χ3n) is 4.95. The molecule has 2 aromatic carbocycles. The molecule has 5 nitrogen and oxygen atoms in total.